The number of esters is 2. The van der Waals surface area contributed by atoms with Crippen LogP contribution in [0.1, 0.15) is 120 Å². The molecule has 8 nitrogen and oxygen atoms in total. The summed E-state index contributed by atoms with van der Waals surface area (Å²) in [7, 11) is 2.89. The number of aromatic nitrogens is 4. The van der Waals surface area contributed by atoms with Gasteiger partial charge >= 0.3 is 11.9 Å². The summed E-state index contributed by atoms with van der Waals surface area (Å²) in [6.07, 6.45) is 16.7. The number of ether oxygens (including phenoxy) is 2. The van der Waals surface area contributed by atoms with E-state index in [1.807, 2.05) is 0 Å². The van der Waals surface area contributed by atoms with Gasteiger partial charge in [-0.25, -0.2) is 0 Å². The zero-order valence-electron chi connectivity index (χ0n) is 30.0. The molecule has 0 radical (unpaired) electrons. The van der Waals surface area contributed by atoms with E-state index in [1.54, 1.807) is 0 Å². The first-order chi connectivity index (χ1) is 23.1. The minimum absolute atomic E-state index is 0.168. The largest absolute Gasteiger partial charge is 0.469 e. The van der Waals surface area contributed by atoms with Crippen molar-refractivity contribution in [3.63, 3.8) is 0 Å². The maximum atomic E-state index is 11.8. The predicted molar refractivity (Wildman–Crippen MR) is 193 cm³/mol. The van der Waals surface area contributed by atoms with Crippen LogP contribution in [0.3, 0.4) is 0 Å². The minimum Gasteiger partial charge on any atom is -0.469 e. The maximum Gasteiger partial charge on any atom is 0.305 e. The molecular formula is C40H52N4O4. The van der Waals surface area contributed by atoms with Crippen molar-refractivity contribution in [3.05, 3.63) is 88.7 Å². The van der Waals surface area contributed by atoms with Crippen molar-refractivity contribution in [2.24, 2.45) is 0 Å². The lowest BCUT2D eigenvalue weighted by Crippen LogP contribution is -2.13. The fourth-order valence-corrected chi connectivity index (χ4v) is 7.26. The minimum atomic E-state index is -0.168. The Bertz CT molecular complexity index is 2060. The Morgan fingerprint density at radius 2 is 0.917 bits per heavy atom. The third-order valence-corrected chi connectivity index (χ3v) is 10.2. The van der Waals surface area contributed by atoms with Crippen LogP contribution in [0.25, 0.3) is 24.3 Å². The molecule has 8 heteroatoms. The first-order valence-electron chi connectivity index (χ1n) is 17.5. The first kappa shape index (κ1) is 34.9. The van der Waals surface area contributed by atoms with E-state index in [1.165, 1.54) is 58.7 Å². The highest BCUT2D eigenvalue weighted by atomic mass is 16.5. The highest BCUT2D eigenvalue weighted by Crippen LogP contribution is 2.24. The summed E-state index contributed by atoms with van der Waals surface area (Å²) < 4.78 is 9.77. The Kier molecular flexibility index (Phi) is 11.0. The second-order valence-corrected chi connectivity index (χ2v) is 13.1. The molecule has 4 N–H and O–H groups in total. The van der Waals surface area contributed by atoms with Gasteiger partial charge in [0.2, 0.25) is 0 Å². The summed E-state index contributed by atoms with van der Waals surface area (Å²) in [4.78, 5) is 38.8. The number of carbonyl (C=O) groups excluding carboxylic acids is 2. The molecule has 1 aliphatic heterocycles. The number of aromatic amines is 4. The van der Waals surface area contributed by atoms with Crippen LogP contribution in [0.4, 0.5) is 0 Å². The second kappa shape index (κ2) is 15.2. The summed E-state index contributed by atoms with van der Waals surface area (Å²) in [5.41, 5.74) is 14.5. The normalized spacial score (nSPS) is 12.2. The Morgan fingerprint density at radius 3 is 1.46 bits per heavy atom. The predicted octanol–water partition coefficient (Wildman–Crippen LogP) is 4.76. The molecule has 0 atom stereocenters. The number of unbranched alkanes of at least 4 members (excludes halogenated alkanes) is 2. The second-order valence-electron chi connectivity index (χ2n) is 13.1. The molecule has 0 aliphatic carbocycles. The number of hydrogen-bond acceptors (Lipinski definition) is 4. The molecule has 0 fully saturated rings. The fourth-order valence-electron chi connectivity index (χ4n) is 7.26. The standard InChI is InChI=1S/C40H52N4O4/c1-9-27-23(3)31-19-32-25(5)29(15-11-13-17-39(45)47-7)37(43-32)22-38-30(16-12-14-18-40(46)48-8)26(6)34(44-38)21-36-28(10-2)24(4)33(42-36)20-35(27)41-31/h19-22,41-44H,9-18H2,1-8H3. The number of nitrogens with one attached hydrogen (secondary N) is 4. The Morgan fingerprint density at radius 1 is 0.500 bits per heavy atom. The number of rotatable bonds is 12. The van der Waals surface area contributed by atoms with Crippen LogP contribution in [0.2, 0.25) is 0 Å². The topological polar surface area (TPSA) is 116 Å². The van der Waals surface area contributed by atoms with Gasteiger partial charge in [0.1, 0.15) is 0 Å². The molecule has 1 aliphatic rings. The van der Waals surface area contributed by atoms with Crippen molar-refractivity contribution in [1.29, 1.82) is 0 Å². The molecule has 0 aromatic carbocycles. The molecule has 8 bridgehead atoms. The molecule has 48 heavy (non-hydrogen) atoms. The van der Waals surface area contributed by atoms with Gasteiger partial charge in [0.15, 0.2) is 0 Å². The van der Waals surface area contributed by atoms with Gasteiger partial charge in [-0.15, -0.1) is 0 Å². The van der Waals surface area contributed by atoms with Gasteiger partial charge in [-0.05, 0) is 148 Å². The molecule has 4 aromatic heterocycles. The van der Waals surface area contributed by atoms with Crippen LogP contribution in [-0.4, -0.2) is 46.1 Å². The van der Waals surface area contributed by atoms with Crippen molar-refractivity contribution in [3.8, 4) is 0 Å². The van der Waals surface area contributed by atoms with E-state index in [0.29, 0.717) is 12.8 Å². The SMILES string of the molecule is CCc1c2[nH]c(c1C)C=c1[nH]c(c(CCCCC(=O)OC)c1C)=Cc1[nH]c(c(C)c1CCCCC(=O)OC)C=c1[nH]c(c(C)c1CC)=C2. The summed E-state index contributed by atoms with van der Waals surface area (Å²) in [5.74, 6) is -0.336. The molecule has 5 heterocycles. The molecule has 0 saturated carbocycles. The van der Waals surface area contributed by atoms with Crippen LogP contribution < -0.4 is 21.4 Å². The van der Waals surface area contributed by atoms with Crippen molar-refractivity contribution in [2.75, 3.05) is 14.2 Å². The molecule has 0 spiro atoms. The molecule has 0 saturated heterocycles. The van der Waals surface area contributed by atoms with Gasteiger partial charge in [-0.3, -0.25) is 9.59 Å². The fraction of sp³-hybridized carbons (Fsp3) is 0.450. The van der Waals surface area contributed by atoms with Crippen molar-refractivity contribution in [1.82, 2.24) is 19.9 Å². The lowest BCUT2D eigenvalue weighted by molar-refractivity contribution is -0.141. The number of H-pyrrole nitrogens is 4. The molecule has 0 amide bonds. The van der Waals surface area contributed by atoms with E-state index in [2.05, 4.69) is 85.8 Å². The third-order valence-electron chi connectivity index (χ3n) is 10.2. The van der Waals surface area contributed by atoms with Crippen LogP contribution in [-0.2, 0) is 44.7 Å². The first-order valence-corrected chi connectivity index (χ1v) is 17.5. The summed E-state index contributed by atoms with van der Waals surface area (Å²) >= 11 is 0. The van der Waals surface area contributed by atoms with Gasteiger partial charge in [0.05, 0.1) is 14.2 Å². The summed E-state index contributed by atoms with van der Waals surface area (Å²) in [5, 5.41) is 4.40. The van der Waals surface area contributed by atoms with Crippen LogP contribution in [0.15, 0.2) is 0 Å². The maximum absolute atomic E-state index is 11.8. The number of hydrogen-bond donors (Lipinski definition) is 4. The van der Waals surface area contributed by atoms with Crippen molar-refractivity contribution >= 4 is 36.2 Å². The highest BCUT2D eigenvalue weighted by molar-refractivity contribution is 5.69. The molecule has 0 unspecified atom stereocenters. The number of carbonyl (C=O) groups is 2. The Hall–Kier alpha value is -4.46. The van der Waals surface area contributed by atoms with Crippen LogP contribution >= 0.6 is 0 Å². The zero-order chi connectivity index (χ0) is 34.5. The quantitative estimate of drug-likeness (QED) is 0.115. The Balaban J connectivity index is 1.75. The Labute approximate surface area is 283 Å². The third kappa shape index (κ3) is 7.18. The highest BCUT2D eigenvalue weighted by Gasteiger charge is 2.17. The number of fused-ring (bicyclic) bond motifs is 8. The van der Waals surface area contributed by atoms with Crippen LogP contribution in [0, 0.1) is 27.7 Å². The smallest absolute Gasteiger partial charge is 0.305 e. The summed E-state index contributed by atoms with van der Waals surface area (Å²) in [6, 6.07) is 0. The lowest BCUT2D eigenvalue weighted by Gasteiger charge is -2.04. The average molecular weight is 653 g/mol. The van der Waals surface area contributed by atoms with E-state index in [-0.39, 0.29) is 11.9 Å². The average Bonchev–Trinajstić information content (AvgIpc) is 3.74. The van der Waals surface area contributed by atoms with E-state index < -0.39 is 0 Å². The van der Waals surface area contributed by atoms with E-state index in [9.17, 15) is 9.59 Å². The van der Waals surface area contributed by atoms with Gasteiger partial charge in [-0.1, -0.05) is 13.8 Å². The van der Waals surface area contributed by atoms with Crippen molar-refractivity contribution < 1.29 is 19.1 Å². The van der Waals surface area contributed by atoms with Gasteiger partial charge in [-0.2, -0.15) is 0 Å². The monoisotopic (exact) mass is 652 g/mol. The molecule has 5 rings (SSSR count). The molecule has 4 aromatic rings. The summed E-state index contributed by atoms with van der Waals surface area (Å²) in [6.45, 7) is 13.2. The van der Waals surface area contributed by atoms with Crippen molar-refractivity contribution in [2.45, 2.75) is 106 Å². The van der Waals surface area contributed by atoms with Gasteiger partial charge in [0.25, 0.3) is 0 Å². The van der Waals surface area contributed by atoms with Gasteiger partial charge < -0.3 is 29.4 Å². The molecular weight excluding hydrogens is 600 g/mol. The van der Waals surface area contributed by atoms with Crippen LogP contribution in [0.5, 0.6) is 0 Å². The van der Waals surface area contributed by atoms with Gasteiger partial charge in [0, 0.05) is 57.0 Å². The molecule has 256 valence electrons. The van der Waals surface area contributed by atoms with E-state index in [0.717, 1.165) is 95.5 Å². The van der Waals surface area contributed by atoms with E-state index >= 15 is 0 Å². The number of methoxy groups -OCH3 is 2. The van der Waals surface area contributed by atoms with E-state index in [4.69, 9.17) is 9.47 Å². The lowest BCUT2D eigenvalue weighted by atomic mass is 10.0. The zero-order valence-corrected chi connectivity index (χ0v) is 30.0.